The lowest BCUT2D eigenvalue weighted by molar-refractivity contribution is -0.128. The van der Waals surface area contributed by atoms with Crippen molar-refractivity contribution in [2.45, 2.75) is 50.6 Å². The summed E-state index contributed by atoms with van der Waals surface area (Å²) in [7, 11) is -3.41. The van der Waals surface area contributed by atoms with E-state index in [0.29, 0.717) is 36.8 Å². The van der Waals surface area contributed by atoms with E-state index in [0.717, 1.165) is 34.8 Å². The molecule has 0 unspecified atom stereocenters. The number of pyridine rings is 1. The zero-order chi connectivity index (χ0) is 26.4. The van der Waals surface area contributed by atoms with E-state index >= 15 is 0 Å². The van der Waals surface area contributed by atoms with Gasteiger partial charge in [0.05, 0.1) is 17.2 Å². The highest BCUT2D eigenvalue weighted by Crippen LogP contribution is 2.33. The van der Waals surface area contributed by atoms with Crippen molar-refractivity contribution in [1.82, 2.24) is 19.9 Å². The molecule has 5 rings (SSSR count). The van der Waals surface area contributed by atoms with Crippen LogP contribution in [0.2, 0.25) is 0 Å². The van der Waals surface area contributed by atoms with Crippen LogP contribution in [0.4, 0.5) is 0 Å². The smallest absolute Gasteiger partial charge is 0.222 e. The molecule has 0 radical (unpaired) electrons. The molecule has 1 fully saturated rings. The highest BCUT2D eigenvalue weighted by atomic mass is 32.2. The highest BCUT2D eigenvalue weighted by molar-refractivity contribution is 7.90. The van der Waals surface area contributed by atoms with E-state index in [1.54, 1.807) is 6.07 Å². The SMILES string of the molecule is CC(C)(C)c1ccc2nc(-c3ccc(CN4CCCC4=O)c(Oc4ccc(S(C)(=O)=O)nc4)c3)[nH]c2c1. The molecule has 1 aliphatic heterocycles. The molecule has 3 heterocycles. The summed E-state index contributed by atoms with van der Waals surface area (Å²) in [5.41, 5.74) is 4.75. The zero-order valence-electron chi connectivity index (χ0n) is 21.4. The number of amides is 1. The predicted octanol–water partition coefficient (Wildman–Crippen LogP) is 5.24. The summed E-state index contributed by atoms with van der Waals surface area (Å²) < 4.78 is 29.7. The molecule has 0 aliphatic carbocycles. The van der Waals surface area contributed by atoms with Crippen molar-refractivity contribution in [3.63, 3.8) is 0 Å². The first-order valence-electron chi connectivity index (χ1n) is 12.2. The van der Waals surface area contributed by atoms with Crippen LogP contribution in [0.15, 0.2) is 59.8 Å². The van der Waals surface area contributed by atoms with Crippen molar-refractivity contribution >= 4 is 26.8 Å². The van der Waals surface area contributed by atoms with Crippen molar-refractivity contribution in [2.24, 2.45) is 0 Å². The second kappa shape index (κ2) is 9.30. The van der Waals surface area contributed by atoms with Crippen molar-refractivity contribution in [1.29, 1.82) is 0 Å². The number of nitrogens with zero attached hydrogens (tertiary/aromatic N) is 3. The second-order valence-electron chi connectivity index (χ2n) is 10.5. The van der Waals surface area contributed by atoms with Gasteiger partial charge in [0, 0.05) is 36.9 Å². The van der Waals surface area contributed by atoms with Gasteiger partial charge in [0.15, 0.2) is 14.9 Å². The van der Waals surface area contributed by atoms with E-state index in [9.17, 15) is 13.2 Å². The number of likely N-dealkylation sites (tertiary alicyclic amines) is 1. The topological polar surface area (TPSA) is 105 Å². The number of aromatic nitrogens is 3. The number of rotatable bonds is 6. The number of carbonyl (C=O) groups excluding carboxylic acids is 1. The molecule has 8 nitrogen and oxygen atoms in total. The van der Waals surface area contributed by atoms with Gasteiger partial charge >= 0.3 is 0 Å². The van der Waals surface area contributed by atoms with Gasteiger partial charge < -0.3 is 14.6 Å². The first kappa shape index (κ1) is 25.0. The van der Waals surface area contributed by atoms with Crippen LogP contribution in [0.1, 0.15) is 44.7 Å². The summed E-state index contributed by atoms with van der Waals surface area (Å²) in [4.78, 5) is 26.3. The summed E-state index contributed by atoms with van der Waals surface area (Å²) in [5.74, 6) is 1.79. The number of H-pyrrole nitrogens is 1. The van der Waals surface area contributed by atoms with Crippen LogP contribution in [-0.4, -0.2) is 47.0 Å². The second-order valence-corrected chi connectivity index (χ2v) is 12.5. The molecule has 192 valence electrons. The monoisotopic (exact) mass is 518 g/mol. The number of fused-ring (bicyclic) bond motifs is 1. The number of nitrogens with one attached hydrogen (secondary N) is 1. The summed E-state index contributed by atoms with van der Waals surface area (Å²) in [6.45, 7) is 7.67. The van der Waals surface area contributed by atoms with E-state index in [1.807, 2.05) is 29.2 Å². The Kier molecular flexibility index (Phi) is 6.27. The van der Waals surface area contributed by atoms with E-state index < -0.39 is 9.84 Å². The first-order valence-corrected chi connectivity index (χ1v) is 14.1. The van der Waals surface area contributed by atoms with Crippen LogP contribution in [0, 0.1) is 0 Å². The van der Waals surface area contributed by atoms with Crippen molar-refractivity contribution in [3.8, 4) is 22.9 Å². The molecular weight excluding hydrogens is 488 g/mol. The quantitative estimate of drug-likeness (QED) is 0.374. The third kappa shape index (κ3) is 5.36. The van der Waals surface area contributed by atoms with Crippen LogP contribution in [0.5, 0.6) is 11.5 Å². The van der Waals surface area contributed by atoms with E-state index in [1.165, 1.54) is 17.8 Å². The lowest BCUT2D eigenvalue weighted by Crippen LogP contribution is -2.24. The molecule has 9 heteroatoms. The molecule has 1 aliphatic rings. The first-order chi connectivity index (χ1) is 17.5. The van der Waals surface area contributed by atoms with Gasteiger partial charge in [0.1, 0.15) is 17.3 Å². The Morgan fingerprint density at radius 3 is 2.54 bits per heavy atom. The molecule has 0 atom stereocenters. The number of sulfone groups is 1. The number of hydrogen-bond acceptors (Lipinski definition) is 6. The molecule has 0 bridgehead atoms. The number of benzene rings is 2. The van der Waals surface area contributed by atoms with Crippen molar-refractivity contribution in [2.75, 3.05) is 12.8 Å². The minimum atomic E-state index is -3.41. The van der Waals surface area contributed by atoms with Crippen LogP contribution >= 0.6 is 0 Å². The summed E-state index contributed by atoms with van der Waals surface area (Å²) in [6.07, 6.45) is 3.91. The van der Waals surface area contributed by atoms with Gasteiger partial charge in [-0.25, -0.2) is 18.4 Å². The van der Waals surface area contributed by atoms with Gasteiger partial charge in [0.2, 0.25) is 5.91 Å². The van der Waals surface area contributed by atoms with Crippen LogP contribution < -0.4 is 4.74 Å². The van der Waals surface area contributed by atoms with Crippen LogP contribution in [-0.2, 0) is 26.6 Å². The van der Waals surface area contributed by atoms with E-state index in [-0.39, 0.29) is 16.3 Å². The fourth-order valence-electron chi connectivity index (χ4n) is 4.39. The fourth-order valence-corrected chi connectivity index (χ4v) is 4.95. The van der Waals surface area contributed by atoms with Crippen LogP contribution in [0.3, 0.4) is 0 Å². The number of aromatic amines is 1. The third-order valence-electron chi connectivity index (χ3n) is 6.54. The Hall–Kier alpha value is -3.72. The van der Waals surface area contributed by atoms with E-state index in [2.05, 4.69) is 42.9 Å². The number of carbonyl (C=O) groups is 1. The average Bonchev–Trinajstić information content (AvgIpc) is 3.45. The fraction of sp³-hybridized carbons (Fsp3) is 0.321. The largest absolute Gasteiger partial charge is 0.455 e. The Labute approximate surface area is 216 Å². The minimum absolute atomic E-state index is 0.0200. The lowest BCUT2D eigenvalue weighted by atomic mass is 9.87. The summed E-state index contributed by atoms with van der Waals surface area (Å²) >= 11 is 0. The lowest BCUT2D eigenvalue weighted by Gasteiger charge is -2.19. The molecule has 2 aromatic carbocycles. The Morgan fingerprint density at radius 1 is 1.08 bits per heavy atom. The van der Waals surface area contributed by atoms with Gasteiger partial charge in [-0.15, -0.1) is 0 Å². The molecule has 1 N–H and O–H groups in total. The maximum Gasteiger partial charge on any atom is 0.222 e. The molecular formula is C28H30N4O4S. The standard InChI is InChI=1S/C28H30N4O4S/c1-28(2,3)20-9-11-22-23(15-20)31-27(30-22)18-7-8-19(17-32-13-5-6-26(32)33)24(14-18)36-21-10-12-25(29-16-21)37(4,34)35/h7-12,14-16H,5-6,13,17H2,1-4H3,(H,30,31). The molecule has 0 saturated carbocycles. The third-order valence-corrected chi connectivity index (χ3v) is 7.54. The van der Waals surface area contributed by atoms with Crippen molar-refractivity contribution < 1.29 is 17.9 Å². The number of ether oxygens (including phenoxy) is 1. The van der Waals surface area contributed by atoms with Gasteiger partial charge in [-0.1, -0.05) is 39.0 Å². The Balaban J connectivity index is 1.52. The summed E-state index contributed by atoms with van der Waals surface area (Å²) in [5, 5.41) is -0.0200. The normalized spacial score (nSPS) is 14.5. The van der Waals surface area contributed by atoms with Gasteiger partial charge in [-0.05, 0) is 47.7 Å². The molecule has 2 aromatic heterocycles. The zero-order valence-corrected chi connectivity index (χ0v) is 22.2. The minimum Gasteiger partial charge on any atom is -0.455 e. The Bertz CT molecular complexity index is 1580. The van der Waals surface area contributed by atoms with Gasteiger partial charge in [-0.3, -0.25) is 4.79 Å². The predicted molar refractivity (Wildman–Crippen MR) is 142 cm³/mol. The van der Waals surface area contributed by atoms with Crippen molar-refractivity contribution in [3.05, 3.63) is 65.9 Å². The maximum atomic E-state index is 12.3. The number of imidazole rings is 1. The number of hydrogen-bond donors (Lipinski definition) is 1. The molecule has 0 spiro atoms. The Morgan fingerprint density at radius 2 is 1.89 bits per heavy atom. The van der Waals surface area contributed by atoms with Gasteiger partial charge in [-0.2, -0.15) is 0 Å². The molecule has 1 amide bonds. The highest BCUT2D eigenvalue weighted by Gasteiger charge is 2.22. The van der Waals surface area contributed by atoms with Gasteiger partial charge in [0.25, 0.3) is 0 Å². The van der Waals surface area contributed by atoms with E-state index in [4.69, 9.17) is 9.72 Å². The molecule has 1 saturated heterocycles. The van der Waals surface area contributed by atoms with Crippen LogP contribution in [0.25, 0.3) is 22.4 Å². The summed E-state index contributed by atoms with van der Waals surface area (Å²) in [6, 6.07) is 15.1. The maximum absolute atomic E-state index is 12.3. The average molecular weight is 519 g/mol. The molecule has 4 aromatic rings. The molecule has 37 heavy (non-hydrogen) atoms.